The molecule has 0 spiro atoms. The number of esters is 2. The normalized spacial score (nSPS) is 12.4. The van der Waals surface area contributed by atoms with Gasteiger partial charge in [0.2, 0.25) is 0 Å². The van der Waals surface area contributed by atoms with Gasteiger partial charge in [0.15, 0.2) is 0 Å². The Morgan fingerprint density at radius 3 is 1.93 bits per heavy atom. The molecule has 2 aromatic carbocycles. The highest BCUT2D eigenvalue weighted by Gasteiger charge is 2.77. The lowest BCUT2D eigenvalue weighted by Gasteiger charge is -2.34. The molecule has 4 nitrogen and oxygen atoms in total. The number of alkyl halides is 6. The quantitative estimate of drug-likeness (QED) is 0.265. The van der Waals surface area contributed by atoms with Crippen molar-refractivity contribution in [3.05, 3.63) is 59.7 Å². The molecule has 0 saturated heterocycles. The Morgan fingerprint density at radius 1 is 0.900 bits per heavy atom. The van der Waals surface area contributed by atoms with Crippen LogP contribution in [0.3, 0.4) is 0 Å². The number of ether oxygens (including phenoxy) is 2. The Labute approximate surface area is 171 Å². The minimum absolute atomic E-state index is 0.0693. The van der Waals surface area contributed by atoms with E-state index in [0.717, 1.165) is 18.2 Å². The van der Waals surface area contributed by atoms with E-state index in [2.05, 4.69) is 4.74 Å². The molecule has 0 unspecified atom stereocenters. The van der Waals surface area contributed by atoms with Gasteiger partial charge in [-0.05, 0) is 42.8 Å². The average Bonchev–Trinajstić information content (AvgIpc) is 2.65. The number of methoxy groups -OCH3 is 1. The van der Waals surface area contributed by atoms with Crippen LogP contribution in [0.4, 0.5) is 26.3 Å². The van der Waals surface area contributed by atoms with Gasteiger partial charge in [-0.2, -0.15) is 26.3 Å². The van der Waals surface area contributed by atoms with E-state index in [9.17, 15) is 35.9 Å². The molecule has 0 aliphatic carbocycles. The number of carbonyl (C=O) groups is 2. The smallest absolute Gasteiger partial charge is 0.423 e. The van der Waals surface area contributed by atoms with Crippen molar-refractivity contribution in [1.82, 2.24) is 0 Å². The van der Waals surface area contributed by atoms with Crippen molar-refractivity contribution in [3.63, 3.8) is 0 Å². The van der Waals surface area contributed by atoms with Crippen LogP contribution in [0.15, 0.2) is 53.4 Å². The van der Waals surface area contributed by atoms with Gasteiger partial charge in [-0.1, -0.05) is 30.0 Å². The maximum atomic E-state index is 13.5. The highest BCUT2D eigenvalue weighted by Crippen LogP contribution is 2.55. The molecule has 30 heavy (non-hydrogen) atoms. The van der Waals surface area contributed by atoms with Crippen LogP contribution in [-0.2, 0) is 9.53 Å². The van der Waals surface area contributed by atoms with E-state index in [1.54, 1.807) is 18.2 Å². The van der Waals surface area contributed by atoms with Gasteiger partial charge in [-0.3, -0.25) is 0 Å². The fraction of sp³-hybridized carbons (Fsp3) is 0.263. The summed E-state index contributed by atoms with van der Waals surface area (Å²) in [5.74, 6) is -3.34. The predicted octanol–water partition coefficient (Wildman–Crippen LogP) is 5.34. The van der Waals surface area contributed by atoms with Crippen molar-refractivity contribution in [2.75, 3.05) is 7.11 Å². The zero-order valence-electron chi connectivity index (χ0n) is 15.4. The molecule has 11 heteroatoms. The summed E-state index contributed by atoms with van der Waals surface area (Å²) in [6.45, 7) is 1.22. The summed E-state index contributed by atoms with van der Waals surface area (Å²) in [6.07, 6.45) is -12.0. The SMILES string of the molecule is COC(=O)C(Sc1ccc(OC(=O)c2ccccc2)cc1C)(C(F)(F)F)C(F)(F)F. The molecule has 0 bridgehead atoms. The average molecular weight is 452 g/mol. The van der Waals surface area contributed by atoms with Crippen molar-refractivity contribution in [2.45, 2.75) is 28.9 Å². The Hall–Kier alpha value is -2.69. The molecule has 2 aromatic rings. The first kappa shape index (κ1) is 23.6. The summed E-state index contributed by atoms with van der Waals surface area (Å²) in [5, 5.41) is 0. The summed E-state index contributed by atoms with van der Waals surface area (Å²) in [5.41, 5.74) is 0.132. The Kier molecular flexibility index (Phi) is 6.75. The van der Waals surface area contributed by atoms with Crippen LogP contribution in [0.2, 0.25) is 0 Å². The second kappa shape index (κ2) is 8.58. The summed E-state index contributed by atoms with van der Waals surface area (Å²) in [7, 11) is 0.439. The van der Waals surface area contributed by atoms with Crippen molar-refractivity contribution in [1.29, 1.82) is 0 Å². The molecule has 0 heterocycles. The van der Waals surface area contributed by atoms with E-state index in [4.69, 9.17) is 4.74 Å². The summed E-state index contributed by atoms with van der Waals surface area (Å²) in [4.78, 5) is 23.2. The standard InChI is InChI=1S/C19H14F6O4S/c1-11-10-13(29-15(26)12-6-4-3-5-7-12)8-9-14(11)30-17(16(27)28-2,18(20,21)22)19(23,24)25/h3-10H,1-2H3. The molecular weight excluding hydrogens is 438 g/mol. The van der Waals surface area contributed by atoms with Crippen molar-refractivity contribution in [2.24, 2.45) is 0 Å². The molecule has 0 radical (unpaired) electrons. The molecule has 0 amide bonds. The van der Waals surface area contributed by atoms with E-state index in [1.165, 1.54) is 19.1 Å². The van der Waals surface area contributed by atoms with Crippen LogP contribution in [0.25, 0.3) is 0 Å². The Bertz CT molecular complexity index is 911. The molecule has 0 saturated carbocycles. The third kappa shape index (κ3) is 4.55. The molecule has 2 rings (SSSR count). The van der Waals surface area contributed by atoms with E-state index in [1.807, 2.05) is 0 Å². The Morgan fingerprint density at radius 2 is 1.47 bits per heavy atom. The summed E-state index contributed by atoms with van der Waals surface area (Å²) in [6, 6.07) is 10.8. The van der Waals surface area contributed by atoms with Crippen LogP contribution in [0.5, 0.6) is 5.75 Å². The number of halogens is 6. The van der Waals surface area contributed by atoms with Gasteiger partial charge in [0.1, 0.15) is 5.75 Å². The third-order valence-electron chi connectivity index (χ3n) is 3.90. The van der Waals surface area contributed by atoms with Gasteiger partial charge >= 0.3 is 29.0 Å². The highest BCUT2D eigenvalue weighted by molar-refractivity contribution is 8.01. The highest BCUT2D eigenvalue weighted by atomic mass is 32.2. The topological polar surface area (TPSA) is 52.6 Å². The van der Waals surface area contributed by atoms with Crippen molar-refractivity contribution >= 4 is 23.7 Å². The second-order valence-corrected chi connectivity index (χ2v) is 7.21. The predicted molar refractivity (Wildman–Crippen MR) is 95.3 cm³/mol. The van der Waals surface area contributed by atoms with E-state index in [0.29, 0.717) is 7.11 Å². The van der Waals surface area contributed by atoms with Crippen molar-refractivity contribution in [3.8, 4) is 5.75 Å². The minimum atomic E-state index is -5.99. The van der Waals surface area contributed by atoms with Gasteiger partial charge in [-0.25, -0.2) is 9.59 Å². The summed E-state index contributed by atoms with van der Waals surface area (Å²) < 4.78 is 84.8. The summed E-state index contributed by atoms with van der Waals surface area (Å²) >= 11 is -0.732. The largest absolute Gasteiger partial charge is 0.467 e. The monoisotopic (exact) mass is 452 g/mol. The molecule has 0 atom stereocenters. The molecule has 0 aliphatic rings. The maximum Gasteiger partial charge on any atom is 0.423 e. The number of aryl methyl sites for hydroxylation is 1. The lowest BCUT2D eigenvalue weighted by atomic mass is 10.1. The lowest BCUT2D eigenvalue weighted by molar-refractivity contribution is -0.264. The molecule has 0 N–H and O–H groups in total. The first-order chi connectivity index (χ1) is 13.8. The fourth-order valence-electron chi connectivity index (χ4n) is 2.40. The van der Waals surface area contributed by atoms with E-state index >= 15 is 0 Å². The number of carbonyl (C=O) groups excluding carboxylic acids is 2. The van der Waals surface area contributed by atoms with Crippen LogP contribution in [0.1, 0.15) is 15.9 Å². The first-order valence-electron chi connectivity index (χ1n) is 8.12. The maximum absolute atomic E-state index is 13.5. The van der Waals surface area contributed by atoms with Gasteiger partial charge in [-0.15, -0.1) is 0 Å². The van der Waals surface area contributed by atoms with Gasteiger partial charge in [0.25, 0.3) is 0 Å². The zero-order chi connectivity index (χ0) is 22.7. The number of rotatable bonds is 5. The van der Waals surface area contributed by atoms with Crippen LogP contribution < -0.4 is 4.74 Å². The molecule has 162 valence electrons. The second-order valence-electron chi connectivity index (χ2n) is 5.95. The molecular formula is C19H14F6O4S. The van der Waals surface area contributed by atoms with E-state index in [-0.39, 0.29) is 16.9 Å². The van der Waals surface area contributed by atoms with Crippen LogP contribution in [0, 0.1) is 6.92 Å². The zero-order valence-corrected chi connectivity index (χ0v) is 16.2. The fourth-order valence-corrected chi connectivity index (χ4v) is 3.48. The lowest BCUT2D eigenvalue weighted by Crippen LogP contribution is -2.60. The van der Waals surface area contributed by atoms with Gasteiger partial charge in [0.05, 0.1) is 12.7 Å². The first-order valence-corrected chi connectivity index (χ1v) is 8.94. The van der Waals surface area contributed by atoms with Gasteiger partial charge < -0.3 is 9.47 Å². The molecule has 0 aliphatic heterocycles. The van der Waals surface area contributed by atoms with E-state index < -0.39 is 45.7 Å². The molecule has 0 aromatic heterocycles. The van der Waals surface area contributed by atoms with Crippen LogP contribution in [-0.4, -0.2) is 36.1 Å². The number of thioether (sulfide) groups is 1. The Balaban J connectivity index is 2.39. The van der Waals surface area contributed by atoms with Crippen molar-refractivity contribution < 1.29 is 45.4 Å². The number of benzene rings is 2. The van der Waals surface area contributed by atoms with Crippen LogP contribution >= 0.6 is 11.8 Å². The third-order valence-corrected chi connectivity index (χ3v) is 5.51. The number of hydrogen-bond donors (Lipinski definition) is 0. The number of hydrogen-bond acceptors (Lipinski definition) is 5. The molecule has 0 fully saturated rings. The van der Waals surface area contributed by atoms with Gasteiger partial charge in [0, 0.05) is 4.90 Å². The minimum Gasteiger partial charge on any atom is -0.467 e.